The van der Waals surface area contributed by atoms with Gasteiger partial charge in [-0.25, -0.2) is 14.8 Å². The molecule has 1 unspecified atom stereocenters. The number of carbonyl (C=O) groups excluding carboxylic acids is 1. The van der Waals surface area contributed by atoms with Crippen molar-refractivity contribution in [3.63, 3.8) is 0 Å². The first kappa shape index (κ1) is 18.9. The first-order chi connectivity index (χ1) is 14.3. The molecule has 9 nitrogen and oxygen atoms in total. The molecule has 3 aromatic heterocycles. The van der Waals surface area contributed by atoms with Gasteiger partial charge in [0.1, 0.15) is 17.8 Å². The van der Waals surface area contributed by atoms with E-state index in [1.807, 2.05) is 36.5 Å². The summed E-state index contributed by atoms with van der Waals surface area (Å²) in [5.41, 5.74) is 0.967. The van der Waals surface area contributed by atoms with Crippen molar-refractivity contribution >= 4 is 28.7 Å². The molecule has 30 heavy (non-hydrogen) atoms. The number of aromatic amines is 1. The average Bonchev–Trinajstić information content (AvgIpc) is 3.42. The molecule has 0 radical (unpaired) electrons. The minimum Gasteiger partial charge on any atom is -0.356 e. The largest absolute Gasteiger partial charge is 0.356 e. The topological polar surface area (TPSA) is 95.0 Å². The van der Waals surface area contributed by atoms with Crippen molar-refractivity contribution in [1.82, 2.24) is 29.6 Å². The van der Waals surface area contributed by atoms with Crippen LogP contribution < -0.4 is 10.2 Å². The second-order valence-corrected chi connectivity index (χ2v) is 9.39. The predicted octanol–water partition coefficient (Wildman–Crippen LogP) is 2.85. The van der Waals surface area contributed by atoms with Crippen molar-refractivity contribution in [1.29, 1.82) is 0 Å². The van der Waals surface area contributed by atoms with Gasteiger partial charge >= 0.3 is 6.03 Å². The monoisotopic (exact) mass is 408 g/mol. The quantitative estimate of drug-likeness (QED) is 0.695. The lowest BCUT2D eigenvalue weighted by molar-refractivity contribution is 0.184. The molecule has 9 heteroatoms. The summed E-state index contributed by atoms with van der Waals surface area (Å²) < 4.78 is 1.69. The number of likely N-dealkylation sites (tertiary alicyclic amines) is 1. The van der Waals surface area contributed by atoms with Gasteiger partial charge in [-0.1, -0.05) is 13.8 Å². The van der Waals surface area contributed by atoms with Gasteiger partial charge in [0.15, 0.2) is 5.82 Å². The maximum absolute atomic E-state index is 12.8. The number of urea groups is 1. The Morgan fingerprint density at radius 3 is 2.63 bits per heavy atom. The summed E-state index contributed by atoms with van der Waals surface area (Å²) in [7, 11) is 3.96. The minimum absolute atomic E-state index is 0.0532. The number of amides is 2. The number of H-pyrrole nitrogens is 1. The number of hydrogen-bond donors (Lipinski definition) is 2. The van der Waals surface area contributed by atoms with Crippen molar-refractivity contribution in [3.8, 4) is 0 Å². The van der Waals surface area contributed by atoms with Crippen LogP contribution in [0.2, 0.25) is 0 Å². The molecule has 5 rings (SSSR count). The first-order valence-corrected chi connectivity index (χ1v) is 10.3. The highest BCUT2D eigenvalue weighted by Crippen LogP contribution is 2.58. The fourth-order valence-corrected chi connectivity index (χ4v) is 5.41. The lowest BCUT2D eigenvalue weighted by Gasteiger charge is -2.31. The molecule has 2 N–H and O–H groups in total. The Labute approximate surface area is 175 Å². The molecule has 4 heterocycles. The zero-order valence-electron chi connectivity index (χ0n) is 17.9. The van der Waals surface area contributed by atoms with Crippen molar-refractivity contribution in [2.24, 2.45) is 17.9 Å². The number of fused-ring (bicyclic) bond motifs is 2. The molecule has 1 aliphatic heterocycles. The van der Waals surface area contributed by atoms with Crippen molar-refractivity contribution in [2.75, 3.05) is 30.4 Å². The standard InChI is InChI=1S/C21H28N8O/c1-20-9-14(28(4)18-15-5-7-22-17(15)23-13-24-18)10-21(20,2)12-29(11-20)19(30)25-16-6-8-27(3)26-16/h5-8,13-14H,9-12H2,1-4H3,(H,22,23,24)(H,25,26,30)/t14?,20-,21+. The molecule has 1 aliphatic carbocycles. The van der Waals surface area contributed by atoms with Crippen LogP contribution in [-0.4, -0.2) is 61.8 Å². The number of nitrogens with one attached hydrogen (secondary N) is 2. The van der Waals surface area contributed by atoms with Gasteiger partial charge in [-0.2, -0.15) is 5.10 Å². The fraction of sp³-hybridized carbons (Fsp3) is 0.524. The number of carbonyl (C=O) groups is 1. The summed E-state index contributed by atoms with van der Waals surface area (Å²) in [6.07, 6.45) is 7.38. The maximum Gasteiger partial charge on any atom is 0.323 e. The van der Waals surface area contributed by atoms with E-state index in [4.69, 9.17) is 0 Å². The Hall–Kier alpha value is -3.10. The van der Waals surface area contributed by atoms with Crippen LogP contribution in [0.4, 0.5) is 16.4 Å². The molecule has 2 fully saturated rings. The number of rotatable bonds is 3. The SMILES string of the molecule is CN(c1ncnc2[nH]ccc12)C1C[C@@]2(C)CN(C(=O)Nc3ccn(C)n3)C[C@@]2(C)C1. The molecule has 3 aromatic rings. The molecule has 3 atom stereocenters. The van der Waals surface area contributed by atoms with E-state index in [1.54, 1.807) is 11.0 Å². The average molecular weight is 409 g/mol. The van der Waals surface area contributed by atoms with Crippen LogP contribution in [0.3, 0.4) is 0 Å². The smallest absolute Gasteiger partial charge is 0.323 e. The lowest BCUT2D eigenvalue weighted by atomic mass is 9.71. The summed E-state index contributed by atoms with van der Waals surface area (Å²) >= 11 is 0. The van der Waals surface area contributed by atoms with Crippen LogP contribution in [0.1, 0.15) is 26.7 Å². The van der Waals surface area contributed by atoms with Gasteiger partial charge < -0.3 is 14.8 Å². The van der Waals surface area contributed by atoms with E-state index in [0.717, 1.165) is 42.8 Å². The van der Waals surface area contributed by atoms with Crippen LogP contribution >= 0.6 is 0 Å². The number of anilines is 2. The predicted molar refractivity (Wildman–Crippen MR) is 115 cm³/mol. The molecule has 0 aromatic carbocycles. The molecule has 2 aliphatic rings. The first-order valence-electron chi connectivity index (χ1n) is 10.3. The molecular weight excluding hydrogens is 380 g/mol. The van der Waals surface area contributed by atoms with Crippen LogP contribution in [0.5, 0.6) is 0 Å². The summed E-state index contributed by atoms with van der Waals surface area (Å²) in [5, 5.41) is 8.23. The third-order valence-corrected chi connectivity index (χ3v) is 7.36. The van der Waals surface area contributed by atoms with E-state index in [1.165, 1.54) is 0 Å². The van der Waals surface area contributed by atoms with Crippen LogP contribution in [0.15, 0.2) is 30.9 Å². The fourth-order valence-electron chi connectivity index (χ4n) is 5.41. The van der Waals surface area contributed by atoms with Gasteiger partial charge in [0.25, 0.3) is 0 Å². The lowest BCUT2D eigenvalue weighted by Crippen LogP contribution is -2.38. The summed E-state index contributed by atoms with van der Waals surface area (Å²) in [6, 6.07) is 4.14. The van der Waals surface area contributed by atoms with E-state index in [2.05, 4.69) is 51.2 Å². The Morgan fingerprint density at radius 2 is 1.97 bits per heavy atom. The molecule has 0 spiro atoms. The second-order valence-electron chi connectivity index (χ2n) is 9.39. The minimum atomic E-state index is -0.0692. The second kappa shape index (κ2) is 6.45. The molecule has 1 saturated carbocycles. The van der Waals surface area contributed by atoms with Gasteiger partial charge in [-0.15, -0.1) is 0 Å². The Balaban J connectivity index is 1.32. The van der Waals surface area contributed by atoms with E-state index in [9.17, 15) is 4.79 Å². The van der Waals surface area contributed by atoms with E-state index in [-0.39, 0.29) is 16.9 Å². The normalized spacial score (nSPS) is 28.1. The van der Waals surface area contributed by atoms with E-state index < -0.39 is 0 Å². The van der Waals surface area contributed by atoms with E-state index >= 15 is 0 Å². The third-order valence-electron chi connectivity index (χ3n) is 7.36. The van der Waals surface area contributed by atoms with Crippen molar-refractivity contribution in [3.05, 3.63) is 30.9 Å². The Bertz CT molecular complexity index is 1090. The zero-order valence-corrected chi connectivity index (χ0v) is 17.9. The van der Waals surface area contributed by atoms with Crippen molar-refractivity contribution < 1.29 is 4.79 Å². The van der Waals surface area contributed by atoms with E-state index in [0.29, 0.717) is 11.9 Å². The Kier molecular flexibility index (Phi) is 4.06. The number of hydrogen-bond acceptors (Lipinski definition) is 5. The zero-order chi connectivity index (χ0) is 21.1. The van der Waals surface area contributed by atoms with Gasteiger partial charge in [0.2, 0.25) is 0 Å². The maximum atomic E-state index is 12.8. The summed E-state index contributed by atoms with van der Waals surface area (Å²) in [4.78, 5) is 29.1. The summed E-state index contributed by atoms with van der Waals surface area (Å²) in [5.74, 6) is 1.55. The molecule has 2 amide bonds. The van der Waals surface area contributed by atoms with Crippen LogP contribution in [0.25, 0.3) is 11.0 Å². The van der Waals surface area contributed by atoms with Gasteiger partial charge in [-0.05, 0) is 29.7 Å². The molecular formula is C21H28N8O. The number of aryl methyl sites for hydroxylation is 1. The van der Waals surface area contributed by atoms with Gasteiger partial charge in [0.05, 0.1) is 5.39 Å². The molecule has 0 bridgehead atoms. The molecule has 1 saturated heterocycles. The molecule has 158 valence electrons. The van der Waals surface area contributed by atoms with Crippen LogP contribution in [-0.2, 0) is 7.05 Å². The Morgan fingerprint density at radius 1 is 1.23 bits per heavy atom. The van der Waals surface area contributed by atoms with Crippen LogP contribution in [0, 0.1) is 10.8 Å². The van der Waals surface area contributed by atoms with Gasteiger partial charge in [0, 0.05) is 51.7 Å². The highest BCUT2D eigenvalue weighted by atomic mass is 16.2. The number of nitrogens with zero attached hydrogens (tertiary/aromatic N) is 6. The third kappa shape index (κ3) is 2.83. The van der Waals surface area contributed by atoms with Crippen molar-refractivity contribution in [2.45, 2.75) is 32.7 Å². The number of aromatic nitrogens is 5. The highest BCUT2D eigenvalue weighted by Gasteiger charge is 2.59. The summed E-state index contributed by atoms with van der Waals surface area (Å²) in [6.45, 7) is 6.13. The highest BCUT2D eigenvalue weighted by molar-refractivity contribution is 5.89. The van der Waals surface area contributed by atoms with Gasteiger partial charge in [-0.3, -0.25) is 10.00 Å².